The Morgan fingerprint density at radius 2 is 2.11 bits per heavy atom. The van der Waals surface area contributed by atoms with E-state index >= 15 is 0 Å². The third kappa shape index (κ3) is 5.80. The fourth-order valence-electron chi connectivity index (χ4n) is 0.434. The number of nitrogens with zero attached hydrogens (tertiary/aromatic N) is 1. The van der Waals surface area contributed by atoms with Crippen molar-refractivity contribution in [1.82, 2.24) is 4.90 Å². The molecular weight excluding hydrogens is 114 g/mol. The minimum absolute atomic E-state index is 0.560. The zero-order valence-electron chi connectivity index (χ0n) is 6.10. The molecule has 0 saturated heterocycles. The smallest absolute Gasteiger partial charge is 0.0593 e. The van der Waals surface area contributed by atoms with Gasteiger partial charge in [0, 0.05) is 13.2 Å². The Hall–Kier alpha value is -0.0800. The van der Waals surface area contributed by atoms with Gasteiger partial charge in [-0.3, -0.25) is 0 Å². The highest BCUT2D eigenvalue weighted by molar-refractivity contribution is 4.50. The molecule has 0 amide bonds. The van der Waals surface area contributed by atoms with Crippen LogP contribution < -0.4 is 0 Å². The molecule has 0 bridgehead atoms. The predicted octanol–water partition coefficient (Wildman–Crippen LogP) is 0.603. The predicted molar refractivity (Wildman–Crippen MR) is 39.0 cm³/mol. The van der Waals surface area contributed by atoms with E-state index in [9.17, 15) is 0 Å². The van der Waals surface area contributed by atoms with E-state index in [1.165, 1.54) is 0 Å². The number of hydrogen-bond donors (Lipinski definition) is 0. The van der Waals surface area contributed by atoms with Gasteiger partial charge in [-0.25, -0.2) is 0 Å². The van der Waals surface area contributed by atoms with Crippen LogP contribution in [0.15, 0.2) is 0 Å². The van der Waals surface area contributed by atoms with E-state index in [-0.39, 0.29) is 0 Å². The Labute approximate surface area is 57.8 Å². The summed E-state index contributed by atoms with van der Waals surface area (Å²) in [7, 11) is 2.01. The van der Waals surface area contributed by atoms with Crippen LogP contribution in [0, 0.1) is 13.8 Å². The maximum atomic E-state index is 5.03. The molecule has 0 aliphatic rings. The summed E-state index contributed by atoms with van der Waals surface area (Å²) in [4.78, 5) is 2.09. The first-order valence-corrected chi connectivity index (χ1v) is 3.16. The Kier molecular flexibility index (Phi) is 5.99. The Morgan fingerprint density at radius 1 is 1.44 bits per heavy atom. The lowest BCUT2D eigenvalue weighted by Crippen LogP contribution is -2.22. The lowest BCUT2D eigenvalue weighted by molar-refractivity contribution is 0.136. The minimum atomic E-state index is 0.560. The Morgan fingerprint density at radius 3 is 2.56 bits per heavy atom. The number of ether oxygens (including phenoxy) is 1. The van der Waals surface area contributed by atoms with Crippen LogP contribution in [0.3, 0.4) is 0 Å². The lowest BCUT2D eigenvalue weighted by Gasteiger charge is -2.12. The molecule has 0 fully saturated rings. The summed E-state index contributed by atoms with van der Waals surface area (Å²) in [6, 6.07) is 0. The Balaban J connectivity index is 2.88. The molecule has 9 heavy (non-hydrogen) atoms. The van der Waals surface area contributed by atoms with Gasteiger partial charge in [-0.05, 0) is 27.4 Å². The molecule has 0 aromatic heterocycles. The van der Waals surface area contributed by atoms with Crippen molar-refractivity contribution in [3.8, 4) is 0 Å². The van der Waals surface area contributed by atoms with E-state index in [0.717, 1.165) is 19.7 Å². The van der Waals surface area contributed by atoms with Crippen molar-refractivity contribution < 1.29 is 4.74 Å². The Bertz CT molecular complexity index is 56.9. The fourth-order valence-corrected chi connectivity index (χ4v) is 0.434. The summed E-state index contributed by atoms with van der Waals surface area (Å²) in [5, 5.41) is 0. The summed E-state index contributed by atoms with van der Waals surface area (Å²) >= 11 is 0. The largest absolute Gasteiger partial charge is 0.380 e. The molecular formula is C7H15NO. The highest BCUT2D eigenvalue weighted by atomic mass is 16.5. The number of hydrogen-bond acceptors (Lipinski definition) is 2. The van der Waals surface area contributed by atoms with Crippen LogP contribution in [-0.4, -0.2) is 38.3 Å². The van der Waals surface area contributed by atoms with Gasteiger partial charge in [0.05, 0.1) is 6.61 Å². The van der Waals surface area contributed by atoms with E-state index in [1.54, 1.807) is 0 Å². The van der Waals surface area contributed by atoms with Gasteiger partial charge >= 0.3 is 0 Å². The summed E-state index contributed by atoms with van der Waals surface area (Å²) in [5.41, 5.74) is 0. The summed E-state index contributed by atoms with van der Waals surface area (Å²) in [5.74, 6) is 0. The van der Waals surface area contributed by atoms with Crippen molar-refractivity contribution in [3.05, 3.63) is 13.8 Å². The first kappa shape index (κ1) is 8.92. The third-order valence-corrected chi connectivity index (χ3v) is 1.14. The number of likely N-dealkylation sites (N-methyl/N-ethyl adjacent to an activating group) is 1. The van der Waals surface area contributed by atoms with E-state index < -0.39 is 0 Å². The average Bonchev–Trinajstić information content (AvgIpc) is 1.89. The maximum Gasteiger partial charge on any atom is 0.0593 e. The molecule has 2 heteroatoms. The van der Waals surface area contributed by atoms with Crippen LogP contribution in [0.2, 0.25) is 0 Å². The van der Waals surface area contributed by atoms with Gasteiger partial charge in [0.2, 0.25) is 0 Å². The maximum absolute atomic E-state index is 5.03. The van der Waals surface area contributed by atoms with Crippen LogP contribution in [0.5, 0.6) is 0 Å². The van der Waals surface area contributed by atoms with Gasteiger partial charge in [-0.1, -0.05) is 0 Å². The van der Waals surface area contributed by atoms with Crippen molar-refractivity contribution in [2.45, 2.75) is 0 Å². The van der Waals surface area contributed by atoms with Crippen LogP contribution >= 0.6 is 0 Å². The minimum Gasteiger partial charge on any atom is -0.380 e. The summed E-state index contributed by atoms with van der Waals surface area (Å²) in [6.45, 7) is 10.4. The monoisotopic (exact) mass is 129 g/mol. The molecule has 2 radical (unpaired) electrons. The summed E-state index contributed by atoms with van der Waals surface area (Å²) < 4.78 is 5.03. The normalized spacial score (nSPS) is 10.7. The molecule has 0 unspecified atom stereocenters. The second kappa shape index (κ2) is 6.05. The third-order valence-electron chi connectivity index (χ3n) is 1.14. The lowest BCUT2D eigenvalue weighted by atomic mass is 10.5. The molecule has 0 aliphatic heterocycles. The highest BCUT2D eigenvalue weighted by Crippen LogP contribution is 1.80. The molecule has 0 N–H and O–H groups in total. The molecule has 54 valence electrons. The van der Waals surface area contributed by atoms with Crippen molar-refractivity contribution in [3.63, 3.8) is 0 Å². The van der Waals surface area contributed by atoms with Gasteiger partial charge in [0.15, 0.2) is 0 Å². The van der Waals surface area contributed by atoms with Crippen molar-refractivity contribution in [1.29, 1.82) is 0 Å². The SMILES string of the molecule is [CH2]COCCN(C)C[CH2]. The quantitative estimate of drug-likeness (QED) is 0.504. The van der Waals surface area contributed by atoms with Crippen LogP contribution in [0.1, 0.15) is 0 Å². The molecule has 0 heterocycles. The van der Waals surface area contributed by atoms with E-state index in [1.807, 2.05) is 7.05 Å². The average molecular weight is 129 g/mol. The fraction of sp³-hybridized carbons (Fsp3) is 0.714. The van der Waals surface area contributed by atoms with Gasteiger partial charge in [0.1, 0.15) is 0 Å². The second-order valence-corrected chi connectivity index (χ2v) is 1.92. The van der Waals surface area contributed by atoms with Crippen LogP contribution in [0.25, 0.3) is 0 Å². The second-order valence-electron chi connectivity index (χ2n) is 1.92. The molecule has 0 rings (SSSR count). The van der Waals surface area contributed by atoms with Crippen LogP contribution in [-0.2, 0) is 4.74 Å². The standard InChI is InChI=1S/C7H15NO/c1-4-8(3)6-7-9-5-2/h1-2,4-7H2,3H3. The van der Waals surface area contributed by atoms with E-state index in [0.29, 0.717) is 6.61 Å². The van der Waals surface area contributed by atoms with Crippen molar-refractivity contribution in [2.75, 3.05) is 33.4 Å². The van der Waals surface area contributed by atoms with Crippen molar-refractivity contribution >= 4 is 0 Å². The molecule has 0 saturated carbocycles. The molecule has 0 atom stereocenters. The van der Waals surface area contributed by atoms with E-state index in [4.69, 9.17) is 4.74 Å². The first-order valence-electron chi connectivity index (χ1n) is 3.16. The topological polar surface area (TPSA) is 12.5 Å². The van der Waals surface area contributed by atoms with Gasteiger partial charge < -0.3 is 9.64 Å². The zero-order valence-corrected chi connectivity index (χ0v) is 6.10. The first-order chi connectivity index (χ1) is 4.31. The number of rotatable bonds is 5. The van der Waals surface area contributed by atoms with Gasteiger partial charge in [-0.15, -0.1) is 0 Å². The van der Waals surface area contributed by atoms with Gasteiger partial charge in [0.25, 0.3) is 0 Å². The molecule has 0 aromatic rings. The van der Waals surface area contributed by atoms with Crippen LogP contribution in [0.4, 0.5) is 0 Å². The zero-order chi connectivity index (χ0) is 7.11. The summed E-state index contributed by atoms with van der Waals surface area (Å²) in [6.07, 6.45) is 0. The van der Waals surface area contributed by atoms with Crippen molar-refractivity contribution in [2.24, 2.45) is 0 Å². The molecule has 0 aliphatic carbocycles. The molecule has 0 aromatic carbocycles. The molecule has 0 spiro atoms. The highest BCUT2D eigenvalue weighted by Gasteiger charge is 1.91. The van der Waals surface area contributed by atoms with Gasteiger partial charge in [-0.2, -0.15) is 0 Å². The molecule has 2 nitrogen and oxygen atoms in total. The van der Waals surface area contributed by atoms with E-state index in [2.05, 4.69) is 18.7 Å².